The topological polar surface area (TPSA) is 64.1 Å². The summed E-state index contributed by atoms with van der Waals surface area (Å²) in [6, 6.07) is 6.00. The lowest BCUT2D eigenvalue weighted by atomic mass is 10.1. The van der Waals surface area contributed by atoms with Gasteiger partial charge in [0.05, 0.1) is 0 Å². The van der Waals surface area contributed by atoms with E-state index in [0.717, 1.165) is 24.2 Å². The third kappa shape index (κ3) is 2.81. The molecule has 0 radical (unpaired) electrons. The average molecular weight is 219 g/mol. The van der Waals surface area contributed by atoms with Crippen LogP contribution in [0.1, 0.15) is 19.4 Å². The number of oxazole rings is 1. The molecular weight excluding hydrogens is 202 g/mol. The van der Waals surface area contributed by atoms with E-state index >= 15 is 0 Å². The Morgan fingerprint density at radius 2 is 2.25 bits per heavy atom. The number of aromatic nitrogens is 1. The average Bonchev–Trinajstić information content (AvgIpc) is 2.62. The van der Waals surface area contributed by atoms with Crippen molar-refractivity contribution in [3.05, 3.63) is 30.2 Å². The first-order valence-electron chi connectivity index (χ1n) is 5.36. The Balaban J connectivity index is 1.99. The van der Waals surface area contributed by atoms with Gasteiger partial charge in [0.1, 0.15) is 5.52 Å². The first-order valence-corrected chi connectivity index (χ1v) is 5.36. The van der Waals surface area contributed by atoms with Gasteiger partial charge in [-0.05, 0) is 31.5 Å². The van der Waals surface area contributed by atoms with Crippen LogP contribution in [0.5, 0.6) is 0 Å². The van der Waals surface area contributed by atoms with E-state index in [4.69, 9.17) is 10.2 Å². The summed E-state index contributed by atoms with van der Waals surface area (Å²) in [6.45, 7) is 5.57. The fraction of sp³-hybridized carbons (Fsp3) is 0.417. The highest BCUT2D eigenvalue weighted by Crippen LogP contribution is 2.14. The maximum absolute atomic E-state index is 5.88. The summed E-state index contributed by atoms with van der Waals surface area (Å²) in [6.07, 6.45) is 1.46. The number of benzene rings is 1. The molecule has 2 aromatic rings. The third-order valence-corrected chi connectivity index (χ3v) is 2.31. The van der Waals surface area contributed by atoms with Gasteiger partial charge in [-0.25, -0.2) is 4.98 Å². The summed E-state index contributed by atoms with van der Waals surface area (Å²) >= 11 is 0. The fourth-order valence-corrected chi connectivity index (χ4v) is 1.54. The smallest absolute Gasteiger partial charge is 0.181 e. The van der Waals surface area contributed by atoms with E-state index in [1.807, 2.05) is 32.0 Å². The predicted molar refractivity (Wildman–Crippen MR) is 64.0 cm³/mol. The maximum Gasteiger partial charge on any atom is 0.181 e. The van der Waals surface area contributed by atoms with E-state index in [1.54, 1.807) is 0 Å². The zero-order valence-corrected chi connectivity index (χ0v) is 9.66. The van der Waals surface area contributed by atoms with Crippen molar-refractivity contribution < 1.29 is 4.42 Å². The van der Waals surface area contributed by atoms with Gasteiger partial charge in [0.2, 0.25) is 0 Å². The van der Waals surface area contributed by atoms with Gasteiger partial charge in [-0.15, -0.1) is 0 Å². The fourth-order valence-electron chi connectivity index (χ4n) is 1.54. The van der Waals surface area contributed by atoms with Crippen LogP contribution in [0.4, 0.5) is 0 Å². The van der Waals surface area contributed by atoms with Crippen molar-refractivity contribution in [3.63, 3.8) is 0 Å². The van der Waals surface area contributed by atoms with E-state index in [9.17, 15) is 0 Å². The molecule has 0 saturated heterocycles. The molecule has 0 amide bonds. The highest BCUT2D eigenvalue weighted by molar-refractivity contribution is 5.72. The molecule has 16 heavy (non-hydrogen) atoms. The van der Waals surface area contributed by atoms with Crippen molar-refractivity contribution in [1.29, 1.82) is 0 Å². The quantitative estimate of drug-likeness (QED) is 0.820. The van der Waals surface area contributed by atoms with Crippen molar-refractivity contribution in [3.8, 4) is 0 Å². The Morgan fingerprint density at radius 1 is 1.44 bits per heavy atom. The predicted octanol–water partition coefficient (Wildman–Crippen LogP) is 1.65. The van der Waals surface area contributed by atoms with Crippen LogP contribution in [-0.2, 0) is 6.54 Å². The van der Waals surface area contributed by atoms with Gasteiger partial charge in [-0.2, -0.15) is 0 Å². The molecule has 0 atom stereocenters. The largest absolute Gasteiger partial charge is 0.443 e. The van der Waals surface area contributed by atoms with Gasteiger partial charge in [-0.3, -0.25) is 0 Å². The minimum atomic E-state index is -0.184. The molecule has 2 rings (SSSR count). The van der Waals surface area contributed by atoms with Gasteiger partial charge in [0, 0.05) is 18.6 Å². The number of rotatable bonds is 4. The Labute approximate surface area is 94.8 Å². The number of hydrogen-bond donors (Lipinski definition) is 2. The molecule has 4 heteroatoms. The van der Waals surface area contributed by atoms with Gasteiger partial charge in [0.15, 0.2) is 12.0 Å². The van der Waals surface area contributed by atoms with Crippen LogP contribution in [-0.4, -0.2) is 17.1 Å². The zero-order chi connectivity index (χ0) is 11.6. The second kappa shape index (κ2) is 4.23. The van der Waals surface area contributed by atoms with Crippen LogP contribution < -0.4 is 11.1 Å². The van der Waals surface area contributed by atoms with E-state index < -0.39 is 0 Å². The molecular formula is C12H17N3O. The number of nitrogens with one attached hydrogen (secondary N) is 1. The van der Waals surface area contributed by atoms with Crippen LogP contribution in [0, 0.1) is 0 Å². The minimum absolute atomic E-state index is 0.184. The Morgan fingerprint density at radius 3 is 3.00 bits per heavy atom. The first kappa shape index (κ1) is 11.1. The third-order valence-electron chi connectivity index (χ3n) is 2.31. The van der Waals surface area contributed by atoms with Crippen molar-refractivity contribution in [2.45, 2.75) is 25.9 Å². The molecule has 1 aromatic heterocycles. The normalized spacial score (nSPS) is 12.2. The Bertz CT molecular complexity index is 470. The summed E-state index contributed by atoms with van der Waals surface area (Å²) in [5.41, 5.74) is 8.59. The van der Waals surface area contributed by atoms with Crippen molar-refractivity contribution in [1.82, 2.24) is 10.3 Å². The van der Waals surface area contributed by atoms with Crippen molar-refractivity contribution in [2.75, 3.05) is 6.54 Å². The van der Waals surface area contributed by atoms with Crippen LogP contribution >= 0.6 is 0 Å². The van der Waals surface area contributed by atoms with Gasteiger partial charge < -0.3 is 15.5 Å². The maximum atomic E-state index is 5.88. The molecule has 86 valence electrons. The molecule has 0 spiro atoms. The molecule has 0 unspecified atom stereocenters. The number of fused-ring (bicyclic) bond motifs is 1. The van der Waals surface area contributed by atoms with Crippen LogP contribution in [0.2, 0.25) is 0 Å². The van der Waals surface area contributed by atoms with Gasteiger partial charge >= 0.3 is 0 Å². The molecule has 3 N–H and O–H groups in total. The number of nitrogens with zero attached hydrogens (tertiary/aromatic N) is 1. The minimum Gasteiger partial charge on any atom is -0.443 e. The lowest BCUT2D eigenvalue weighted by Crippen LogP contribution is -2.42. The van der Waals surface area contributed by atoms with E-state index in [-0.39, 0.29) is 5.54 Å². The van der Waals surface area contributed by atoms with E-state index in [1.165, 1.54) is 12.0 Å². The molecule has 0 aliphatic rings. The zero-order valence-electron chi connectivity index (χ0n) is 9.66. The molecule has 0 aliphatic heterocycles. The standard InChI is InChI=1S/C12H17N3O/c1-12(2,13)7-14-6-9-3-4-10-11(5-9)16-8-15-10/h3-5,8,14H,6-7,13H2,1-2H3. The monoisotopic (exact) mass is 219 g/mol. The van der Waals surface area contributed by atoms with E-state index in [0.29, 0.717) is 0 Å². The Kier molecular flexibility index (Phi) is 2.94. The summed E-state index contributed by atoms with van der Waals surface area (Å²) < 4.78 is 5.24. The highest BCUT2D eigenvalue weighted by Gasteiger charge is 2.09. The first-order chi connectivity index (χ1) is 7.54. The van der Waals surface area contributed by atoms with Gasteiger partial charge in [-0.1, -0.05) is 6.07 Å². The number of nitrogens with two attached hydrogens (primary N) is 1. The highest BCUT2D eigenvalue weighted by atomic mass is 16.3. The summed E-state index contributed by atoms with van der Waals surface area (Å²) in [5, 5.41) is 3.31. The van der Waals surface area contributed by atoms with Crippen LogP contribution in [0.3, 0.4) is 0 Å². The molecule has 0 fully saturated rings. The molecule has 0 aliphatic carbocycles. The second-order valence-electron chi connectivity index (χ2n) is 4.75. The second-order valence-corrected chi connectivity index (χ2v) is 4.75. The number of hydrogen-bond acceptors (Lipinski definition) is 4. The molecule has 1 aromatic carbocycles. The summed E-state index contributed by atoms with van der Waals surface area (Å²) in [7, 11) is 0. The Hall–Kier alpha value is -1.39. The molecule has 0 saturated carbocycles. The summed E-state index contributed by atoms with van der Waals surface area (Å²) in [4.78, 5) is 4.07. The SMILES string of the molecule is CC(C)(N)CNCc1ccc2ncoc2c1. The van der Waals surface area contributed by atoms with Crippen LogP contribution in [0.15, 0.2) is 29.0 Å². The van der Waals surface area contributed by atoms with Crippen LogP contribution in [0.25, 0.3) is 11.1 Å². The molecule has 0 bridgehead atoms. The lowest BCUT2D eigenvalue weighted by Gasteiger charge is -2.18. The summed E-state index contributed by atoms with van der Waals surface area (Å²) in [5.74, 6) is 0. The lowest BCUT2D eigenvalue weighted by molar-refractivity contribution is 0.466. The van der Waals surface area contributed by atoms with Crippen molar-refractivity contribution in [2.24, 2.45) is 5.73 Å². The molecule has 1 heterocycles. The van der Waals surface area contributed by atoms with Gasteiger partial charge in [0.25, 0.3) is 0 Å². The van der Waals surface area contributed by atoms with E-state index in [2.05, 4.69) is 10.3 Å². The van der Waals surface area contributed by atoms with Crippen molar-refractivity contribution >= 4 is 11.1 Å². The molecule has 4 nitrogen and oxygen atoms in total.